The maximum absolute atomic E-state index is 14.2. The van der Waals surface area contributed by atoms with Crippen molar-refractivity contribution in [2.24, 2.45) is 0 Å². The summed E-state index contributed by atoms with van der Waals surface area (Å²) in [5.41, 5.74) is 3.12. The van der Waals surface area contributed by atoms with Gasteiger partial charge in [-0.3, -0.25) is 9.59 Å². The summed E-state index contributed by atoms with van der Waals surface area (Å²) in [7, 11) is 1.64. The first kappa shape index (κ1) is 27.4. The van der Waals surface area contributed by atoms with Gasteiger partial charge in [0.25, 0.3) is 0 Å². The van der Waals surface area contributed by atoms with Crippen molar-refractivity contribution in [2.75, 3.05) is 7.11 Å². The van der Waals surface area contributed by atoms with E-state index in [4.69, 9.17) is 4.74 Å². The predicted molar refractivity (Wildman–Crippen MR) is 152 cm³/mol. The van der Waals surface area contributed by atoms with Gasteiger partial charge in [0.1, 0.15) is 11.8 Å². The van der Waals surface area contributed by atoms with Gasteiger partial charge in [0.05, 0.1) is 7.11 Å². The largest absolute Gasteiger partial charge is 0.497 e. The Bertz CT molecular complexity index is 1120. The Morgan fingerprint density at radius 3 is 2.11 bits per heavy atom. The summed E-state index contributed by atoms with van der Waals surface area (Å²) in [4.78, 5) is 29.6. The summed E-state index contributed by atoms with van der Waals surface area (Å²) in [6, 6.07) is 27.7. The normalized spacial score (nSPS) is 14.6. The van der Waals surface area contributed by atoms with Gasteiger partial charge in [-0.2, -0.15) is 0 Å². The van der Waals surface area contributed by atoms with E-state index in [2.05, 4.69) is 29.6 Å². The van der Waals surface area contributed by atoms with E-state index in [1.54, 1.807) is 12.0 Å². The molecule has 1 N–H and O–H groups in total. The number of ether oxygens (including phenoxy) is 1. The van der Waals surface area contributed by atoms with Crippen LogP contribution in [-0.4, -0.2) is 35.9 Å². The standard InChI is InChI=1S/C33H40N2O3/c1-3-31(33(37)34-28-19-11-6-12-20-28)35(24-25-14-13-21-29(22-25)38-2)32(36)23-30(26-15-7-4-8-16-26)27-17-9-5-10-18-27/h4-5,7-10,13-18,21-22,28,30-31H,3,6,11-12,19-20,23-24H2,1-2H3,(H,34,37)/t31-/m1/s1. The molecule has 0 radical (unpaired) electrons. The molecule has 0 aliphatic heterocycles. The average molecular weight is 513 g/mol. The van der Waals surface area contributed by atoms with Crippen molar-refractivity contribution in [3.05, 3.63) is 102 Å². The van der Waals surface area contributed by atoms with Crippen LogP contribution in [0, 0.1) is 0 Å². The van der Waals surface area contributed by atoms with E-state index in [-0.39, 0.29) is 30.2 Å². The highest BCUT2D eigenvalue weighted by Gasteiger charge is 2.32. The Morgan fingerprint density at radius 1 is 0.895 bits per heavy atom. The molecule has 1 fully saturated rings. The molecule has 200 valence electrons. The summed E-state index contributed by atoms with van der Waals surface area (Å²) in [6.07, 6.45) is 6.37. The number of hydrogen-bond acceptors (Lipinski definition) is 3. The molecule has 1 aliphatic rings. The SMILES string of the molecule is CC[C@H](C(=O)NC1CCCCC1)N(Cc1cccc(OC)c1)C(=O)CC(c1ccccc1)c1ccccc1. The van der Waals surface area contributed by atoms with Gasteiger partial charge in [0.2, 0.25) is 11.8 Å². The lowest BCUT2D eigenvalue weighted by molar-refractivity contribution is -0.142. The molecule has 1 saturated carbocycles. The van der Waals surface area contributed by atoms with Crippen LogP contribution in [0.4, 0.5) is 0 Å². The van der Waals surface area contributed by atoms with Gasteiger partial charge in [-0.25, -0.2) is 0 Å². The van der Waals surface area contributed by atoms with Crippen LogP contribution < -0.4 is 10.1 Å². The molecule has 3 aromatic carbocycles. The van der Waals surface area contributed by atoms with E-state index >= 15 is 0 Å². The molecular formula is C33H40N2O3. The summed E-state index contributed by atoms with van der Waals surface area (Å²) in [5.74, 6) is 0.556. The van der Waals surface area contributed by atoms with Crippen LogP contribution in [0.3, 0.4) is 0 Å². The second kappa shape index (κ2) is 13.8. The van der Waals surface area contributed by atoms with Crippen molar-refractivity contribution < 1.29 is 14.3 Å². The number of amides is 2. The summed E-state index contributed by atoms with van der Waals surface area (Å²) in [5, 5.41) is 3.27. The van der Waals surface area contributed by atoms with E-state index < -0.39 is 6.04 Å². The zero-order valence-electron chi connectivity index (χ0n) is 22.6. The first-order valence-corrected chi connectivity index (χ1v) is 13.9. The minimum absolute atomic E-state index is 0.0313. The maximum Gasteiger partial charge on any atom is 0.243 e. The highest BCUT2D eigenvalue weighted by Crippen LogP contribution is 2.30. The van der Waals surface area contributed by atoms with Gasteiger partial charge in [0, 0.05) is 24.9 Å². The topological polar surface area (TPSA) is 58.6 Å². The first-order chi connectivity index (χ1) is 18.6. The van der Waals surface area contributed by atoms with Crippen LogP contribution in [0.25, 0.3) is 0 Å². The van der Waals surface area contributed by atoms with Gasteiger partial charge >= 0.3 is 0 Å². The van der Waals surface area contributed by atoms with E-state index in [0.717, 1.165) is 48.1 Å². The molecule has 0 aromatic heterocycles. The Hall–Kier alpha value is -3.60. The van der Waals surface area contributed by atoms with E-state index in [0.29, 0.717) is 13.0 Å². The number of nitrogens with zero attached hydrogens (tertiary/aromatic N) is 1. The fourth-order valence-corrected chi connectivity index (χ4v) is 5.52. The molecule has 1 aliphatic carbocycles. The molecule has 0 spiro atoms. The maximum atomic E-state index is 14.2. The molecular weight excluding hydrogens is 472 g/mol. The molecule has 4 rings (SSSR count). The Labute approximate surface area is 227 Å². The van der Waals surface area contributed by atoms with Crippen molar-refractivity contribution in [1.29, 1.82) is 0 Å². The zero-order chi connectivity index (χ0) is 26.7. The predicted octanol–water partition coefficient (Wildman–Crippen LogP) is 6.47. The van der Waals surface area contributed by atoms with Crippen molar-refractivity contribution in [2.45, 2.75) is 76.4 Å². The molecule has 3 aromatic rings. The number of rotatable bonds is 11. The van der Waals surface area contributed by atoms with Gasteiger partial charge in [0.15, 0.2) is 0 Å². The second-order valence-corrected chi connectivity index (χ2v) is 10.2. The molecule has 0 heterocycles. The van der Waals surface area contributed by atoms with Gasteiger partial charge in [-0.1, -0.05) is 99.0 Å². The highest BCUT2D eigenvalue weighted by atomic mass is 16.5. The van der Waals surface area contributed by atoms with Crippen molar-refractivity contribution in [3.8, 4) is 5.75 Å². The van der Waals surface area contributed by atoms with E-state index in [1.807, 2.05) is 67.6 Å². The number of hydrogen-bond donors (Lipinski definition) is 1. The second-order valence-electron chi connectivity index (χ2n) is 10.2. The van der Waals surface area contributed by atoms with Crippen LogP contribution >= 0.6 is 0 Å². The fourth-order valence-electron chi connectivity index (χ4n) is 5.52. The molecule has 5 heteroatoms. The molecule has 0 unspecified atom stereocenters. The minimum atomic E-state index is -0.539. The van der Waals surface area contributed by atoms with Crippen LogP contribution in [0.5, 0.6) is 5.75 Å². The van der Waals surface area contributed by atoms with Crippen molar-refractivity contribution in [1.82, 2.24) is 10.2 Å². The fraction of sp³-hybridized carbons (Fsp3) is 0.394. The first-order valence-electron chi connectivity index (χ1n) is 13.9. The Balaban J connectivity index is 1.63. The summed E-state index contributed by atoms with van der Waals surface area (Å²) in [6.45, 7) is 2.34. The summed E-state index contributed by atoms with van der Waals surface area (Å²) >= 11 is 0. The average Bonchev–Trinajstić information content (AvgIpc) is 2.97. The number of carbonyl (C=O) groups excluding carboxylic acids is 2. The van der Waals surface area contributed by atoms with E-state index in [1.165, 1.54) is 6.42 Å². The lowest BCUT2D eigenvalue weighted by Gasteiger charge is -2.34. The van der Waals surface area contributed by atoms with Gasteiger partial charge in [-0.05, 0) is 48.1 Å². The number of methoxy groups -OCH3 is 1. The Morgan fingerprint density at radius 2 is 1.53 bits per heavy atom. The molecule has 5 nitrogen and oxygen atoms in total. The van der Waals surface area contributed by atoms with Crippen molar-refractivity contribution in [3.63, 3.8) is 0 Å². The van der Waals surface area contributed by atoms with Crippen LogP contribution in [-0.2, 0) is 16.1 Å². The third kappa shape index (κ3) is 7.25. The molecule has 0 bridgehead atoms. The monoisotopic (exact) mass is 512 g/mol. The van der Waals surface area contributed by atoms with E-state index in [9.17, 15) is 9.59 Å². The number of nitrogens with one attached hydrogen (secondary N) is 1. The number of benzene rings is 3. The molecule has 0 saturated heterocycles. The van der Waals surface area contributed by atoms with Gasteiger partial charge in [-0.15, -0.1) is 0 Å². The Kier molecular flexibility index (Phi) is 9.97. The lowest BCUT2D eigenvalue weighted by atomic mass is 9.88. The zero-order valence-corrected chi connectivity index (χ0v) is 22.6. The van der Waals surface area contributed by atoms with Crippen LogP contribution in [0.2, 0.25) is 0 Å². The minimum Gasteiger partial charge on any atom is -0.497 e. The van der Waals surface area contributed by atoms with Crippen LogP contribution in [0.15, 0.2) is 84.9 Å². The quantitative estimate of drug-likeness (QED) is 0.320. The molecule has 2 amide bonds. The molecule has 1 atom stereocenters. The van der Waals surface area contributed by atoms with Crippen molar-refractivity contribution >= 4 is 11.8 Å². The molecule has 38 heavy (non-hydrogen) atoms. The van der Waals surface area contributed by atoms with Gasteiger partial charge < -0.3 is 15.0 Å². The third-order valence-electron chi connectivity index (χ3n) is 7.61. The lowest BCUT2D eigenvalue weighted by Crippen LogP contribution is -2.51. The van der Waals surface area contributed by atoms with Crippen LogP contribution in [0.1, 0.15) is 74.5 Å². The highest BCUT2D eigenvalue weighted by molar-refractivity contribution is 5.88. The summed E-state index contributed by atoms with van der Waals surface area (Å²) < 4.78 is 5.43. The smallest absolute Gasteiger partial charge is 0.243 e. The number of carbonyl (C=O) groups is 2. The third-order valence-corrected chi connectivity index (χ3v) is 7.61.